The molecule has 0 bridgehead atoms. The molecule has 2 aromatic carbocycles. The molecule has 0 unspecified atom stereocenters. The highest BCUT2D eigenvalue weighted by Gasteiger charge is 2.23. The zero-order chi connectivity index (χ0) is 25.8. The highest BCUT2D eigenvalue weighted by molar-refractivity contribution is 6.18. The van der Waals surface area contributed by atoms with Gasteiger partial charge in [0.1, 0.15) is 13.2 Å². The van der Waals surface area contributed by atoms with Crippen LogP contribution in [0, 0.1) is 0 Å². The van der Waals surface area contributed by atoms with Gasteiger partial charge in [0.15, 0.2) is 5.78 Å². The second-order valence-electron chi connectivity index (χ2n) is 9.49. The Morgan fingerprint density at radius 1 is 0.765 bits per heavy atom. The molecule has 0 spiro atoms. The SMILES string of the molecule is CC(=O)OCC(C)(C)c1cccc(C(=O)CCCCl)c1.CC(=O)OCC(C)(C)c1ccccc1. The number of hydrogen-bond donors (Lipinski definition) is 0. The van der Waals surface area contributed by atoms with Gasteiger partial charge in [-0.2, -0.15) is 0 Å². The Balaban J connectivity index is 0.000000362. The number of carbonyl (C=O) groups is 3. The van der Waals surface area contributed by atoms with Crippen molar-refractivity contribution >= 4 is 29.3 Å². The third-order valence-electron chi connectivity index (χ3n) is 5.33. The largest absolute Gasteiger partial charge is 0.465 e. The van der Waals surface area contributed by atoms with Gasteiger partial charge in [0.05, 0.1) is 0 Å². The molecule has 2 aromatic rings. The minimum atomic E-state index is -0.325. The molecule has 5 nitrogen and oxygen atoms in total. The molecule has 0 aromatic heterocycles. The lowest BCUT2D eigenvalue weighted by atomic mass is 9.84. The zero-order valence-corrected chi connectivity index (χ0v) is 21.9. The van der Waals surface area contributed by atoms with Crippen molar-refractivity contribution in [3.63, 3.8) is 0 Å². The van der Waals surface area contributed by atoms with E-state index in [0.717, 1.165) is 5.56 Å². The molecule has 186 valence electrons. The van der Waals surface area contributed by atoms with Crippen LogP contribution >= 0.6 is 11.6 Å². The first kappa shape index (κ1) is 29.4. The Morgan fingerprint density at radius 2 is 1.26 bits per heavy atom. The average molecular weight is 489 g/mol. The van der Waals surface area contributed by atoms with Crippen LogP contribution in [0.5, 0.6) is 0 Å². The quantitative estimate of drug-likeness (QED) is 0.224. The van der Waals surface area contributed by atoms with E-state index in [4.69, 9.17) is 21.1 Å². The van der Waals surface area contributed by atoms with Gasteiger partial charge in [-0.05, 0) is 23.6 Å². The van der Waals surface area contributed by atoms with Crippen molar-refractivity contribution in [3.05, 3.63) is 71.3 Å². The maximum Gasteiger partial charge on any atom is 0.302 e. The number of Topliss-reactive ketones (excluding diaryl/α,β-unsaturated/α-hetero) is 1. The topological polar surface area (TPSA) is 69.7 Å². The third-order valence-corrected chi connectivity index (χ3v) is 5.60. The van der Waals surface area contributed by atoms with E-state index in [1.54, 1.807) is 0 Å². The van der Waals surface area contributed by atoms with Gasteiger partial charge in [-0.15, -0.1) is 11.6 Å². The highest BCUT2D eigenvalue weighted by atomic mass is 35.5. The molecule has 34 heavy (non-hydrogen) atoms. The summed E-state index contributed by atoms with van der Waals surface area (Å²) in [7, 11) is 0. The van der Waals surface area contributed by atoms with Gasteiger partial charge in [0, 0.05) is 42.5 Å². The van der Waals surface area contributed by atoms with Crippen molar-refractivity contribution in [1.82, 2.24) is 0 Å². The summed E-state index contributed by atoms with van der Waals surface area (Å²) in [5, 5.41) is 0. The summed E-state index contributed by atoms with van der Waals surface area (Å²) in [6.07, 6.45) is 1.14. The summed E-state index contributed by atoms with van der Waals surface area (Å²) in [6, 6.07) is 17.5. The molecule has 0 aliphatic heterocycles. The molecule has 2 rings (SSSR count). The molecule has 0 N–H and O–H groups in total. The predicted molar refractivity (Wildman–Crippen MR) is 136 cm³/mol. The molecule has 0 radical (unpaired) electrons. The first-order chi connectivity index (χ1) is 15.9. The molecule has 0 amide bonds. The normalized spacial score (nSPS) is 11.1. The van der Waals surface area contributed by atoms with Crippen LogP contribution in [0.3, 0.4) is 0 Å². The highest BCUT2D eigenvalue weighted by Crippen LogP contribution is 2.25. The fourth-order valence-electron chi connectivity index (χ4n) is 3.11. The molecule has 0 heterocycles. The summed E-state index contributed by atoms with van der Waals surface area (Å²) >= 11 is 5.61. The maximum atomic E-state index is 12.0. The van der Waals surface area contributed by atoms with E-state index in [2.05, 4.69) is 13.8 Å². The van der Waals surface area contributed by atoms with Crippen LogP contribution in [0.25, 0.3) is 0 Å². The lowest BCUT2D eigenvalue weighted by molar-refractivity contribution is -0.143. The predicted octanol–water partition coefficient (Wildman–Crippen LogP) is 6.26. The van der Waals surface area contributed by atoms with Crippen LogP contribution < -0.4 is 0 Å². The lowest BCUT2D eigenvalue weighted by Gasteiger charge is -2.25. The molecular formula is C28H37ClO5. The Morgan fingerprint density at radius 3 is 1.76 bits per heavy atom. The summed E-state index contributed by atoms with van der Waals surface area (Å²) in [4.78, 5) is 33.6. The van der Waals surface area contributed by atoms with Gasteiger partial charge in [0.25, 0.3) is 0 Å². The van der Waals surface area contributed by atoms with E-state index >= 15 is 0 Å². The number of ether oxygens (including phenoxy) is 2. The number of esters is 2. The van der Waals surface area contributed by atoms with Crippen LogP contribution in [0.15, 0.2) is 54.6 Å². The fraction of sp³-hybridized carbons (Fsp3) is 0.464. The number of rotatable bonds is 10. The van der Waals surface area contributed by atoms with Crippen molar-refractivity contribution in [3.8, 4) is 0 Å². The Hall–Kier alpha value is -2.66. The van der Waals surface area contributed by atoms with Crippen molar-refractivity contribution in [2.45, 2.75) is 65.2 Å². The van der Waals surface area contributed by atoms with Crippen LogP contribution in [0.2, 0.25) is 0 Å². The van der Waals surface area contributed by atoms with Crippen LogP contribution in [0.1, 0.15) is 75.9 Å². The van der Waals surface area contributed by atoms with Gasteiger partial charge in [-0.25, -0.2) is 0 Å². The van der Waals surface area contributed by atoms with Crippen molar-refractivity contribution in [1.29, 1.82) is 0 Å². The number of carbonyl (C=O) groups excluding carboxylic acids is 3. The van der Waals surface area contributed by atoms with E-state index in [1.165, 1.54) is 19.4 Å². The van der Waals surface area contributed by atoms with Crippen LogP contribution in [-0.2, 0) is 29.9 Å². The minimum absolute atomic E-state index is 0.0933. The van der Waals surface area contributed by atoms with Crippen LogP contribution in [0.4, 0.5) is 0 Å². The molecule has 0 aliphatic rings. The van der Waals surface area contributed by atoms with Gasteiger partial charge in [0.2, 0.25) is 0 Å². The zero-order valence-electron chi connectivity index (χ0n) is 21.2. The number of halogens is 1. The molecule has 0 atom stereocenters. The molecule has 0 fully saturated rings. The summed E-state index contributed by atoms with van der Waals surface area (Å²) in [6.45, 7) is 11.6. The van der Waals surface area contributed by atoms with Gasteiger partial charge in [-0.3, -0.25) is 14.4 Å². The minimum Gasteiger partial charge on any atom is -0.465 e. The van der Waals surface area contributed by atoms with Crippen LogP contribution in [-0.4, -0.2) is 36.8 Å². The second-order valence-corrected chi connectivity index (χ2v) is 9.87. The number of ketones is 1. The average Bonchev–Trinajstić information content (AvgIpc) is 2.81. The number of benzene rings is 2. The van der Waals surface area contributed by atoms with Gasteiger partial charge in [-0.1, -0.05) is 76.2 Å². The fourth-order valence-corrected chi connectivity index (χ4v) is 3.24. The molecule has 0 saturated carbocycles. The van der Waals surface area contributed by atoms with E-state index < -0.39 is 0 Å². The Labute approximate surface area is 208 Å². The van der Waals surface area contributed by atoms with Gasteiger partial charge < -0.3 is 9.47 Å². The first-order valence-electron chi connectivity index (χ1n) is 11.4. The molecule has 0 saturated heterocycles. The Kier molecular flexibility index (Phi) is 12.0. The summed E-state index contributed by atoms with van der Waals surface area (Å²) in [5.74, 6) is 0.0563. The lowest BCUT2D eigenvalue weighted by Crippen LogP contribution is -2.26. The van der Waals surface area contributed by atoms with E-state index in [-0.39, 0.29) is 28.6 Å². The van der Waals surface area contributed by atoms with Gasteiger partial charge >= 0.3 is 11.9 Å². The maximum absolute atomic E-state index is 12.0. The van der Waals surface area contributed by atoms with Crippen molar-refractivity contribution in [2.75, 3.05) is 19.1 Å². The Bertz CT molecular complexity index is 935. The van der Waals surface area contributed by atoms with E-state index in [0.29, 0.717) is 37.5 Å². The smallest absolute Gasteiger partial charge is 0.302 e. The van der Waals surface area contributed by atoms with Crippen molar-refractivity contribution < 1.29 is 23.9 Å². The monoisotopic (exact) mass is 488 g/mol. The number of alkyl halides is 1. The third kappa shape index (κ3) is 10.5. The second kappa shape index (κ2) is 13.9. The van der Waals surface area contributed by atoms with Crippen molar-refractivity contribution in [2.24, 2.45) is 0 Å². The standard InChI is InChI=1S/C16H21ClO3.C12H16O2/c1-12(18)20-11-16(2,3)14-7-4-6-13(10-14)15(19)8-5-9-17;1-10(13)14-9-12(2,3)11-7-5-4-6-8-11/h4,6-7,10H,5,8-9,11H2,1-3H3;4-8H,9H2,1-3H3. The molecular weight excluding hydrogens is 452 g/mol. The summed E-state index contributed by atoms with van der Waals surface area (Å²) < 4.78 is 10.1. The first-order valence-corrected chi connectivity index (χ1v) is 11.9. The summed E-state index contributed by atoms with van der Waals surface area (Å²) in [5.41, 5.74) is 2.40. The number of hydrogen-bond acceptors (Lipinski definition) is 5. The molecule has 6 heteroatoms. The molecule has 0 aliphatic carbocycles. The van der Waals surface area contributed by atoms with E-state index in [9.17, 15) is 14.4 Å². The van der Waals surface area contributed by atoms with E-state index in [1.807, 2.05) is 68.4 Å².